The Morgan fingerprint density at radius 1 is 1.40 bits per heavy atom. The summed E-state index contributed by atoms with van der Waals surface area (Å²) >= 11 is 7.62. The molecule has 5 heteroatoms. The SMILES string of the molecule is C[C@H]1CN(Cc2csc(-c3ccc(Cl)cc3)n2)CCN1. The summed E-state index contributed by atoms with van der Waals surface area (Å²) < 4.78 is 0. The molecule has 1 aromatic heterocycles. The number of piperazine rings is 1. The topological polar surface area (TPSA) is 28.2 Å². The largest absolute Gasteiger partial charge is 0.312 e. The van der Waals surface area contributed by atoms with E-state index in [1.807, 2.05) is 24.3 Å². The summed E-state index contributed by atoms with van der Waals surface area (Å²) in [4.78, 5) is 7.20. The van der Waals surface area contributed by atoms with Gasteiger partial charge in [-0.05, 0) is 19.1 Å². The summed E-state index contributed by atoms with van der Waals surface area (Å²) in [7, 11) is 0. The number of halogens is 1. The zero-order valence-corrected chi connectivity index (χ0v) is 13.0. The molecule has 0 radical (unpaired) electrons. The molecular formula is C15H18ClN3S. The third-order valence-electron chi connectivity index (χ3n) is 3.48. The molecule has 0 spiro atoms. The zero-order chi connectivity index (χ0) is 13.9. The Labute approximate surface area is 128 Å². The van der Waals surface area contributed by atoms with Crippen LogP contribution in [0.1, 0.15) is 12.6 Å². The van der Waals surface area contributed by atoms with E-state index in [0.717, 1.165) is 47.5 Å². The highest BCUT2D eigenvalue weighted by Gasteiger charge is 2.16. The standard InChI is InChI=1S/C15H18ClN3S/c1-11-8-19(7-6-17-11)9-14-10-20-15(18-14)12-2-4-13(16)5-3-12/h2-5,10-11,17H,6-9H2,1H3/t11-/m0/s1. The number of aromatic nitrogens is 1. The van der Waals surface area contributed by atoms with Crippen molar-refractivity contribution in [3.63, 3.8) is 0 Å². The Bertz CT molecular complexity index is 567. The van der Waals surface area contributed by atoms with Gasteiger partial charge in [0.05, 0.1) is 5.69 Å². The van der Waals surface area contributed by atoms with E-state index in [2.05, 4.69) is 22.5 Å². The smallest absolute Gasteiger partial charge is 0.123 e. The van der Waals surface area contributed by atoms with Crippen LogP contribution in [0.15, 0.2) is 29.6 Å². The lowest BCUT2D eigenvalue weighted by Crippen LogP contribution is -2.48. The van der Waals surface area contributed by atoms with Crippen molar-refractivity contribution >= 4 is 22.9 Å². The van der Waals surface area contributed by atoms with E-state index in [-0.39, 0.29) is 0 Å². The summed E-state index contributed by atoms with van der Waals surface area (Å²) in [5, 5.41) is 7.46. The van der Waals surface area contributed by atoms with E-state index < -0.39 is 0 Å². The molecule has 3 nitrogen and oxygen atoms in total. The molecule has 20 heavy (non-hydrogen) atoms. The van der Waals surface area contributed by atoms with Crippen LogP contribution in [0, 0.1) is 0 Å². The van der Waals surface area contributed by atoms with Crippen LogP contribution in [0.4, 0.5) is 0 Å². The van der Waals surface area contributed by atoms with Gasteiger partial charge >= 0.3 is 0 Å². The predicted octanol–water partition coefficient (Wildman–Crippen LogP) is 3.26. The Morgan fingerprint density at radius 3 is 2.95 bits per heavy atom. The monoisotopic (exact) mass is 307 g/mol. The van der Waals surface area contributed by atoms with Crippen LogP contribution in [-0.4, -0.2) is 35.6 Å². The van der Waals surface area contributed by atoms with Gasteiger partial charge < -0.3 is 5.32 Å². The van der Waals surface area contributed by atoms with E-state index in [0.29, 0.717) is 6.04 Å². The van der Waals surface area contributed by atoms with E-state index in [4.69, 9.17) is 16.6 Å². The number of rotatable bonds is 3. The molecule has 0 aliphatic carbocycles. The molecule has 1 aliphatic heterocycles. The number of nitrogens with one attached hydrogen (secondary N) is 1. The van der Waals surface area contributed by atoms with E-state index in [1.54, 1.807) is 11.3 Å². The molecule has 0 unspecified atom stereocenters. The first-order valence-electron chi connectivity index (χ1n) is 6.87. The molecule has 2 aromatic rings. The van der Waals surface area contributed by atoms with Gasteiger partial charge in [0.15, 0.2) is 0 Å². The maximum absolute atomic E-state index is 5.92. The van der Waals surface area contributed by atoms with Crippen molar-refractivity contribution in [3.8, 4) is 10.6 Å². The van der Waals surface area contributed by atoms with Gasteiger partial charge in [0.25, 0.3) is 0 Å². The fourth-order valence-electron chi connectivity index (χ4n) is 2.49. The van der Waals surface area contributed by atoms with Crippen molar-refractivity contribution in [2.75, 3.05) is 19.6 Å². The average Bonchev–Trinajstić information content (AvgIpc) is 2.88. The maximum Gasteiger partial charge on any atom is 0.123 e. The molecule has 0 amide bonds. The highest BCUT2D eigenvalue weighted by Crippen LogP contribution is 2.25. The molecule has 1 fully saturated rings. The van der Waals surface area contributed by atoms with Gasteiger partial charge in [-0.2, -0.15) is 0 Å². The number of hydrogen-bond acceptors (Lipinski definition) is 4. The zero-order valence-electron chi connectivity index (χ0n) is 11.5. The molecule has 1 aliphatic rings. The van der Waals surface area contributed by atoms with Crippen molar-refractivity contribution < 1.29 is 0 Å². The first-order chi connectivity index (χ1) is 9.70. The highest BCUT2D eigenvalue weighted by molar-refractivity contribution is 7.13. The van der Waals surface area contributed by atoms with Gasteiger partial charge in [0.2, 0.25) is 0 Å². The summed E-state index contributed by atoms with van der Waals surface area (Å²) in [6.45, 7) is 6.42. The summed E-state index contributed by atoms with van der Waals surface area (Å²) in [6, 6.07) is 8.44. The van der Waals surface area contributed by atoms with Crippen LogP contribution in [0.2, 0.25) is 5.02 Å². The quantitative estimate of drug-likeness (QED) is 0.943. The summed E-state index contributed by atoms with van der Waals surface area (Å²) in [5.74, 6) is 0. The van der Waals surface area contributed by atoms with Crippen molar-refractivity contribution in [2.45, 2.75) is 19.5 Å². The fourth-order valence-corrected chi connectivity index (χ4v) is 3.43. The lowest BCUT2D eigenvalue weighted by atomic mass is 10.2. The van der Waals surface area contributed by atoms with Crippen LogP contribution in [0.25, 0.3) is 10.6 Å². The van der Waals surface area contributed by atoms with Gasteiger partial charge in [-0.25, -0.2) is 4.98 Å². The van der Waals surface area contributed by atoms with Gasteiger partial charge in [-0.3, -0.25) is 4.90 Å². The van der Waals surface area contributed by atoms with Crippen LogP contribution >= 0.6 is 22.9 Å². The second kappa shape index (κ2) is 6.22. The number of thiazole rings is 1. The van der Waals surface area contributed by atoms with Gasteiger partial charge in [-0.1, -0.05) is 23.7 Å². The van der Waals surface area contributed by atoms with E-state index in [1.165, 1.54) is 0 Å². The van der Waals surface area contributed by atoms with Crippen LogP contribution in [0.5, 0.6) is 0 Å². The van der Waals surface area contributed by atoms with Crippen molar-refractivity contribution in [1.82, 2.24) is 15.2 Å². The molecule has 1 aromatic carbocycles. The molecule has 1 atom stereocenters. The second-order valence-electron chi connectivity index (χ2n) is 5.24. The van der Waals surface area contributed by atoms with Gasteiger partial charge in [-0.15, -0.1) is 11.3 Å². The van der Waals surface area contributed by atoms with Crippen LogP contribution in [0.3, 0.4) is 0 Å². The normalized spacial score (nSPS) is 20.2. The maximum atomic E-state index is 5.92. The first kappa shape index (κ1) is 14.0. The van der Waals surface area contributed by atoms with Gasteiger partial charge in [0, 0.05) is 48.2 Å². The lowest BCUT2D eigenvalue weighted by molar-refractivity contribution is 0.198. The van der Waals surface area contributed by atoms with E-state index >= 15 is 0 Å². The molecule has 3 rings (SSSR count). The van der Waals surface area contributed by atoms with Crippen molar-refractivity contribution in [3.05, 3.63) is 40.4 Å². The number of nitrogens with zero attached hydrogens (tertiary/aromatic N) is 2. The number of hydrogen-bond donors (Lipinski definition) is 1. The lowest BCUT2D eigenvalue weighted by Gasteiger charge is -2.31. The third kappa shape index (κ3) is 3.38. The minimum atomic E-state index is 0.568. The Hall–Kier alpha value is -0.940. The summed E-state index contributed by atoms with van der Waals surface area (Å²) in [5.41, 5.74) is 2.30. The molecular weight excluding hydrogens is 290 g/mol. The Balaban J connectivity index is 1.69. The van der Waals surface area contributed by atoms with Crippen molar-refractivity contribution in [1.29, 1.82) is 0 Å². The first-order valence-corrected chi connectivity index (χ1v) is 8.12. The third-order valence-corrected chi connectivity index (χ3v) is 4.67. The Kier molecular flexibility index (Phi) is 4.36. The molecule has 1 N–H and O–H groups in total. The van der Waals surface area contributed by atoms with Crippen molar-refractivity contribution in [2.24, 2.45) is 0 Å². The predicted molar refractivity (Wildman–Crippen MR) is 85.3 cm³/mol. The minimum Gasteiger partial charge on any atom is -0.312 e. The number of benzene rings is 1. The minimum absolute atomic E-state index is 0.568. The van der Waals surface area contributed by atoms with Crippen LogP contribution in [-0.2, 0) is 6.54 Å². The average molecular weight is 308 g/mol. The second-order valence-corrected chi connectivity index (χ2v) is 6.54. The molecule has 1 saturated heterocycles. The fraction of sp³-hybridized carbons (Fsp3) is 0.400. The Morgan fingerprint density at radius 2 is 2.20 bits per heavy atom. The van der Waals surface area contributed by atoms with E-state index in [9.17, 15) is 0 Å². The molecule has 2 heterocycles. The summed E-state index contributed by atoms with van der Waals surface area (Å²) in [6.07, 6.45) is 0. The van der Waals surface area contributed by atoms with Crippen LogP contribution < -0.4 is 5.32 Å². The molecule has 106 valence electrons. The molecule has 0 saturated carbocycles. The van der Waals surface area contributed by atoms with Gasteiger partial charge in [0.1, 0.15) is 5.01 Å². The molecule has 0 bridgehead atoms. The highest BCUT2D eigenvalue weighted by atomic mass is 35.5.